The number of esters is 1. The summed E-state index contributed by atoms with van der Waals surface area (Å²) in [4.78, 5) is 23.4. The number of carbonyl (C=O) groups is 2. The molecule has 0 aliphatic heterocycles. The molecule has 4 nitrogen and oxygen atoms in total. The maximum absolute atomic E-state index is 14.4. The number of rotatable bonds is 4. The average Bonchev–Trinajstić information content (AvgIpc) is 2.72. The third-order valence-electron chi connectivity index (χ3n) is 4.28. The molecule has 1 amide bonds. The predicted octanol–water partition coefficient (Wildman–Crippen LogP) is 5.45. The van der Waals surface area contributed by atoms with Crippen molar-refractivity contribution in [2.75, 3.05) is 12.4 Å². The van der Waals surface area contributed by atoms with Gasteiger partial charge in [-0.3, -0.25) is 4.79 Å². The van der Waals surface area contributed by atoms with Gasteiger partial charge in [0.25, 0.3) is 0 Å². The van der Waals surface area contributed by atoms with E-state index in [1.54, 1.807) is 29.6 Å². The smallest absolute Gasteiger partial charge is 0.465 e. The van der Waals surface area contributed by atoms with Crippen LogP contribution in [0.3, 0.4) is 0 Å². The fraction of sp³-hybridized carbons (Fsp3) is 0.0909. The summed E-state index contributed by atoms with van der Waals surface area (Å²) >= 11 is 0. The minimum absolute atomic E-state index is 0.127. The Balaban J connectivity index is 2.11. The van der Waals surface area contributed by atoms with Gasteiger partial charge in [0.1, 0.15) is 5.82 Å². The molecule has 0 saturated heterocycles. The Morgan fingerprint density at radius 2 is 1.43 bits per heavy atom. The first-order valence-electron chi connectivity index (χ1n) is 8.66. The minimum Gasteiger partial charge on any atom is -0.465 e. The summed E-state index contributed by atoms with van der Waals surface area (Å²) in [5, 5.41) is 1.81. The number of ether oxygens (including phenoxy) is 1. The summed E-state index contributed by atoms with van der Waals surface area (Å²) in [6, 6.07) is 16.0. The molecule has 0 heterocycles. The highest BCUT2D eigenvalue weighted by atomic mass is 19.4. The molecule has 154 valence electrons. The lowest BCUT2D eigenvalue weighted by Gasteiger charge is -2.14. The summed E-state index contributed by atoms with van der Waals surface area (Å²) in [5.41, 5.74) is 1.20. The van der Waals surface area contributed by atoms with E-state index < -0.39 is 23.9 Å². The van der Waals surface area contributed by atoms with Crippen LogP contribution in [0.25, 0.3) is 22.3 Å². The molecule has 3 aromatic carbocycles. The van der Waals surface area contributed by atoms with E-state index in [2.05, 4.69) is 0 Å². The third-order valence-corrected chi connectivity index (χ3v) is 4.28. The molecule has 0 bridgehead atoms. The Morgan fingerprint density at radius 1 is 0.867 bits per heavy atom. The molecular formula is C22H15F4NO3. The first kappa shape index (κ1) is 21.0. The van der Waals surface area contributed by atoms with Crippen molar-refractivity contribution < 1.29 is 31.9 Å². The van der Waals surface area contributed by atoms with E-state index in [1.807, 2.05) is 0 Å². The molecule has 3 aromatic rings. The first-order chi connectivity index (χ1) is 14.2. The van der Waals surface area contributed by atoms with Crippen LogP contribution in [0.5, 0.6) is 0 Å². The Kier molecular flexibility index (Phi) is 5.86. The van der Waals surface area contributed by atoms with E-state index in [-0.39, 0.29) is 22.4 Å². The van der Waals surface area contributed by atoms with Crippen LogP contribution < -0.4 is 5.32 Å². The molecule has 0 fully saturated rings. The second-order valence-electron chi connectivity index (χ2n) is 6.26. The largest absolute Gasteiger partial charge is 0.471 e. The van der Waals surface area contributed by atoms with Gasteiger partial charge in [0.15, 0.2) is 0 Å². The lowest BCUT2D eigenvalue weighted by Crippen LogP contribution is -2.30. The van der Waals surface area contributed by atoms with Crippen molar-refractivity contribution in [3.05, 3.63) is 78.1 Å². The maximum Gasteiger partial charge on any atom is 0.471 e. The van der Waals surface area contributed by atoms with Crippen molar-refractivity contribution >= 4 is 17.6 Å². The van der Waals surface area contributed by atoms with E-state index in [4.69, 9.17) is 4.74 Å². The Bertz CT molecular complexity index is 1110. The first-order valence-corrected chi connectivity index (χ1v) is 8.66. The molecule has 0 aliphatic rings. The third kappa shape index (κ3) is 4.48. The van der Waals surface area contributed by atoms with Gasteiger partial charge in [0.2, 0.25) is 0 Å². The summed E-state index contributed by atoms with van der Waals surface area (Å²) < 4.78 is 57.1. The number of halogens is 4. The second-order valence-corrected chi connectivity index (χ2v) is 6.26. The van der Waals surface area contributed by atoms with Crippen LogP contribution in [0, 0.1) is 5.82 Å². The van der Waals surface area contributed by atoms with Crippen LogP contribution in [-0.4, -0.2) is 25.2 Å². The number of carbonyl (C=O) groups excluding carboxylic acids is 2. The lowest BCUT2D eigenvalue weighted by atomic mass is 9.95. The van der Waals surface area contributed by atoms with Crippen LogP contribution in [0.1, 0.15) is 10.4 Å². The normalized spacial score (nSPS) is 11.1. The number of methoxy groups -OCH3 is 1. The predicted molar refractivity (Wildman–Crippen MR) is 103 cm³/mol. The number of para-hydroxylation sites is 1. The number of hydrogen-bond acceptors (Lipinski definition) is 3. The highest BCUT2D eigenvalue weighted by molar-refractivity contribution is 6.00. The molecule has 30 heavy (non-hydrogen) atoms. The molecule has 0 aliphatic carbocycles. The van der Waals surface area contributed by atoms with Crippen molar-refractivity contribution in [3.63, 3.8) is 0 Å². The van der Waals surface area contributed by atoms with E-state index >= 15 is 0 Å². The molecule has 1 N–H and O–H groups in total. The number of benzene rings is 3. The quantitative estimate of drug-likeness (QED) is 0.454. The zero-order valence-electron chi connectivity index (χ0n) is 15.6. The van der Waals surface area contributed by atoms with Gasteiger partial charge in [-0.15, -0.1) is 0 Å². The summed E-state index contributed by atoms with van der Waals surface area (Å²) in [6.45, 7) is 0. The lowest BCUT2D eigenvalue weighted by molar-refractivity contribution is -0.167. The Labute approximate surface area is 169 Å². The number of anilines is 1. The van der Waals surface area contributed by atoms with Gasteiger partial charge in [0, 0.05) is 11.3 Å². The van der Waals surface area contributed by atoms with Crippen molar-refractivity contribution in [2.45, 2.75) is 6.18 Å². The van der Waals surface area contributed by atoms with Gasteiger partial charge < -0.3 is 10.1 Å². The van der Waals surface area contributed by atoms with Gasteiger partial charge in [-0.25, -0.2) is 9.18 Å². The zero-order valence-corrected chi connectivity index (χ0v) is 15.6. The van der Waals surface area contributed by atoms with E-state index in [9.17, 15) is 27.2 Å². The molecule has 0 aromatic heterocycles. The van der Waals surface area contributed by atoms with E-state index in [1.165, 1.54) is 43.5 Å². The average molecular weight is 417 g/mol. The van der Waals surface area contributed by atoms with E-state index in [0.717, 1.165) is 6.07 Å². The van der Waals surface area contributed by atoms with Crippen LogP contribution in [-0.2, 0) is 9.53 Å². The molecule has 0 saturated carbocycles. The van der Waals surface area contributed by atoms with Crippen molar-refractivity contribution in [1.82, 2.24) is 0 Å². The Morgan fingerprint density at radius 3 is 2.07 bits per heavy atom. The van der Waals surface area contributed by atoms with Crippen LogP contribution in [0.15, 0.2) is 66.7 Å². The second kappa shape index (κ2) is 8.36. The van der Waals surface area contributed by atoms with Crippen molar-refractivity contribution in [3.8, 4) is 22.3 Å². The van der Waals surface area contributed by atoms with Gasteiger partial charge in [0.05, 0.1) is 12.7 Å². The monoisotopic (exact) mass is 417 g/mol. The highest BCUT2D eigenvalue weighted by Crippen LogP contribution is 2.34. The van der Waals surface area contributed by atoms with Crippen molar-refractivity contribution in [2.24, 2.45) is 0 Å². The molecule has 0 radical (unpaired) electrons. The molecule has 0 atom stereocenters. The number of amides is 1. The number of hydrogen-bond donors (Lipinski definition) is 1. The summed E-state index contributed by atoms with van der Waals surface area (Å²) in [6.07, 6.45) is -5.07. The standard InChI is InChI=1S/C22H15F4NO3/c1-30-20(28)18-8-3-2-6-16(18)13-10-14(12-15(23)11-13)17-7-4-5-9-19(17)27-21(29)22(24,25)26/h2-12H,1H3,(H,27,29). The number of nitrogens with one attached hydrogen (secondary N) is 1. The van der Waals surface area contributed by atoms with Crippen LogP contribution >= 0.6 is 0 Å². The molecule has 0 unspecified atom stereocenters. The fourth-order valence-corrected chi connectivity index (χ4v) is 2.96. The minimum atomic E-state index is -5.07. The van der Waals surface area contributed by atoms with E-state index in [0.29, 0.717) is 11.1 Å². The van der Waals surface area contributed by atoms with Crippen LogP contribution in [0.2, 0.25) is 0 Å². The van der Waals surface area contributed by atoms with Gasteiger partial charge in [-0.1, -0.05) is 36.4 Å². The zero-order chi connectivity index (χ0) is 21.9. The van der Waals surface area contributed by atoms with Crippen LogP contribution in [0.4, 0.5) is 23.2 Å². The van der Waals surface area contributed by atoms with Gasteiger partial charge in [-0.05, 0) is 47.0 Å². The Hall–Kier alpha value is -3.68. The number of alkyl halides is 3. The molecule has 8 heteroatoms. The maximum atomic E-state index is 14.4. The topological polar surface area (TPSA) is 55.4 Å². The molecule has 3 rings (SSSR count). The molecular weight excluding hydrogens is 402 g/mol. The van der Waals surface area contributed by atoms with Gasteiger partial charge in [-0.2, -0.15) is 13.2 Å². The van der Waals surface area contributed by atoms with Gasteiger partial charge >= 0.3 is 18.1 Å². The summed E-state index contributed by atoms with van der Waals surface area (Å²) in [5.74, 6) is -3.42. The molecule has 0 spiro atoms. The van der Waals surface area contributed by atoms with Crippen molar-refractivity contribution in [1.29, 1.82) is 0 Å². The summed E-state index contributed by atoms with van der Waals surface area (Å²) in [7, 11) is 1.22. The highest BCUT2D eigenvalue weighted by Gasteiger charge is 2.39. The fourth-order valence-electron chi connectivity index (χ4n) is 2.96. The SMILES string of the molecule is COC(=O)c1ccccc1-c1cc(F)cc(-c2ccccc2NC(=O)C(F)(F)F)c1.